The summed E-state index contributed by atoms with van der Waals surface area (Å²) in [7, 11) is 0. The summed E-state index contributed by atoms with van der Waals surface area (Å²) < 4.78 is 0. The maximum Gasteiger partial charge on any atom is 0.309 e. The molecule has 0 bridgehead atoms. The number of aryl methyl sites for hydroxylation is 1. The molecular weight excluding hydrogens is 300 g/mol. The molecule has 1 fully saturated rings. The number of nitrogens with zero attached hydrogens (tertiary/aromatic N) is 2. The molecule has 0 radical (unpaired) electrons. The van der Waals surface area contributed by atoms with Crippen molar-refractivity contribution in [2.75, 3.05) is 13.1 Å². The summed E-state index contributed by atoms with van der Waals surface area (Å²) in [5, 5.41) is 9.81. The molecule has 1 aliphatic rings. The molecule has 0 unspecified atom stereocenters. The first-order valence-electron chi connectivity index (χ1n) is 8.57. The summed E-state index contributed by atoms with van der Waals surface area (Å²) >= 11 is 0. The Morgan fingerprint density at radius 3 is 2.42 bits per heavy atom. The lowest BCUT2D eigenvalue weighted by atomic mass is 9.74. The summed E-state index contributed by atoms with van der Waals surface area (Å²) in [4.78, 5) is 18.4. The van der Waals surface area contributed by atoms with Crippen molar-refractivity contribution in [3.8, 4) is 0 Å². The fourth-order valence-corrected chi connectivity index (χ4v) is 3.49. The van der Waals surface area contributed by atoms with Crippen molar-refractivity contribution >= 4 is 5.97 Å². The number of aromatic nitrogens is 1. The second-order valence-electron chi connectivity index (χ2n) is 6.71. The van der Waals surface area contributed by atoms with Gasteiger partial charge < -0.3 is 5.11 Å². The first-order chi connectivity index (χ1) is 11.7. The van der Waals surface area contributed by atoms with Crippen molar-refractivity contribution < 1.29 is 9.90 Å². The molecule has 1 aliphatic heterocycles. The topological polar surface area (TPSA) is 53.4 Å². The number of carboxylic acid groups (broad SMARTS) is 1. The van der Waals surface area contributed by atoms with Gasteiger partial charge in [-0.2, -0.15) is 0 Å². The Hall–Kier alpha value is -2.20. The largest absolute Gasteiger partial charge is 0.481 e. The average Bonchev–Trinajstić information content (AvgIpc) is 2.63. The van der Waals surface area contributed by atoms with Gasteiger partial charge in [0, 0.05) is 18.9 Å². The van der Waals surface area contributed by atoms with E-state index in [-0.39, 0.29) is 0 Å². The zero-order chi connectivity index (χ0) is 16.8. The van der Waals surface area contributed by atoms with Crippen LogP contribution in [0, 0.1) is 5.41 Å². The highest BCUT2D eigenvalue weighted by atomic mass is 16.4. The highest BCUT2D eigenvalue weighted by molar-refractivity contribution is 5.74. The van der Waals surface area contributed by atoms with Gasteiger partial charge in [-0.15, -0.1) is 0 Å². The van der Waals surface area contributed by atoms with E-state index in [9.17, 15) is 9.90 Å². The minimum absolute atomic E-state index is 0.582. The molecule has 2 heterocycles. The number of piperidine rings is 1. The van der Waals surface area contributed by atoms with Crippen LogP contribution in [0.1, 0.15) is 30.4 Å². The van der Waals surface area contributed by atoms with Gasteiger partial charge in [-0.1, -0.05) is 36.4 Å². The third kappa shape index (κ3) is 4.01. The van der Waals surface area contributed by atoms with E-state index in [0.29, 0.717) is 6.42 Å². The maximum absolute atomic E-state index is 11.9. The lowest BCUT2D eigenvalue weighted by molar-refractivity contribution is -0.152. The molecule has 0 spiro atoms. The normalized spacial score (nSPS) is 17.5. The summed E-state index contributed by atoms with van der Waals surface area (Å²) in [6, 6.07) is 14.2. The highest BCUT2D eigenvalue weighted by Gasteiger charge is 2.40. The van der Waals surface area contributed by atoms with Crippen LogP contribution in [0.25, 0.3) is 0 Å². The van der Waals surface area contributed by atoms with Gasteiger partial charge in [-0.3, -0.25) is 14.7 Å². The number of aliphatic carboxylic acids is 1. The van der Waals surface area contributed by atoms with E-state index < -0.39 is 11.4 Å². The lowest BCUT2D eigenvalue weighted by Gasteiger charge is -2.39. The summed E-state index contributed by atoms with van der Waals surface area (Å²) in [5.41, 5.74) is 1.82. The van der Waals surface area contributed by atoms with Crippen molar-refractivity contribution in [3.63, 3.8) is 0 Å². The molecule has 0 amide bonds. The fourth-order valence-electron chi connectivity index (χ4n) is 3.49. The number of benzene rings is 1. The van der Waals surface area contributed by atoms with Crippen molar-refractivity contribution in [2.24, 2.45) is 5.41 Å². The van der Waals surface area contributed by atoms with Crippen LogP contribution in [-0.4, -0.2) is 34.0 Å². The first kappa shape index (κ1) is 16.7. The Bertz CT molecular complexity index is 650. The number of likely N-dealkylation sites (tertiary alicyclic amines) is 1. The zero-order valence-corrected chi connectivity index (χ0v) is 13.9. The lowest BCUT2D eigenvalue weighted by Crippen LogP contribution is -2.44. The molecule has 1 saturated heterocycles. The zero-order valence-electron chi connectivity index (χ0n) is 13.9. The summed E-state index contributed by atoms with van der Waals surface area (Å²) in [6.07, 6.45) is 6.64. The monoisotopic (exact) mass is 324 g/mol. The SMILES string of the molecule is O=C(O)C1(CCc2ccccc2)CCN(Cc2cccnc2)CC1. The van der Waals surface area contributed by atoms with E-state index in [4.69, 9.17) is 0 Å². The van der Waals surface area contributed by atoms with Gasteiger partial charge in [0.05, 0.1) is 5.41 Å². The van der Waals surface area contributed by atoms with Crippen LogP contribution in [-0.2, 0) is 17.8 Å². The third-order valence-electron chi connectivity index (χ3n) is 5.13. The van der Waals surface area contributed by atoms with E-state index in [1.165, 1.54) is 11.1 Å². The molecule has 3 rings (SSSR count). The van der Waals surface area contributed by atoms with Crippen molar-refractivity contribution in [1.29, 1.82) is 0 Å². The first-order valence-corrected chi connectivity index (χ1v) is 8.57. The Balaban J connectivity index is 1.58. The van der Waals surface area contributed by atoms with E-state index in [1.807, 2.05) is 30.5 Å². The van der Waals surface area contributed by atoms with E-state index in [2.05, 4.69) is 28.1 Å². The average molecular weight is 324 g/mol. The molecule has 0 saturated carbocycles. The van der Waals surface area contributed by atoms with Gasteiger partial charge >= 0.3 is 5.97 Å². The number of pyridine rings is 1. The van der Waals surface area contributed by atoms with Gasteiger partial charge in [-0.25, -0.2) is 0 Å². The molecule has 2 aromatic rings. The Labute approximate surface area is 143 Å². The van der Waals surface area contributed by atoms with Gasteiger partial charge in [-0.05, 0) is 56.0 Å². The Morgan fingerprint density at radius 2 is 1.79 bits per heavy atom. The molecule has 0 aliphatic carbocycles. The van der Waals surface area contributed by atoms with Gasteiger partial charge in [0.25, 0.3) is 0 Å². The van der Waals surface area contributed by atoms with Crippen LogP contribution in [0.2, 0.25) is 0 Å². The number of rotatable bonds is 6. The molecule has 0 atom stereocenters. The van der Waals surface area contributed by atoms with Gasteiger partial charge in [0.1, 0.15) is 0 Å². The quantitative estimate of drug-likeness (QED) is 0.885. The minimum atomic E-state index is -0.639. The second-order valence-corrected chi connectivity index (χ2v) is 6.71. The summed E-state index contributed by atoms with van der Waals surface area (Å²) in [5.74, 6) is -0.639. The highest BCUT2D eigenvalue weighted by Crippen LogP contribution is 2.37. The smallest absolute Gasteiger partial charge is 0.309 e. The van der Waals surface area contributed by atoms with Crippen LogP contribution in [0.15, 0.2) is 54.9 Å². The maximum atomic E-state index is 11.9. The fraction of sp³-hybridized carbons (Fsp3) is 0.400. The third-order valence-corrected chi connectivity index (χ3v) is 5.13. The van der Waals surface area contributed by atoms with Crippen LogP contribution in [0.3, 0.4) is 0 Å². The van der Waals surface area contributed by atoms with Gasteiger partial charge in [0.2, 0.25) is 0 Å². The minimum Gasteiger partial charge on any atom is -0.481 e. The number of carboxylic acids is 1. The second kappa shape index (κ2) is 7.58. The Morgan fingerprint density at radius 1 is 1.08 bits per heavy atom. The number of hydrogen-bond donors (Lipinski definition) is 1. The van der Waals surface area contributed by atoms with Crippen molar-refractivity contribution in [1.82, 2.24) is 9.88 Å². The molecule has 24 heavy (non-hydrogen) atoms. The van der Waals surface area contributed by atoms with E-state index >= 15 is 0 Å². The van der Waals surface area contributed by atoms with Crippen LogP contribution < -0.4 is 0 Å². The molecule has 126 valence electrons. The molecule has 1 N–H and O–H groups in total. The van der Waals surface area contributed by atoms with Crippen LogP contribution >= 0.6 is 0 Å². The Kier molecular flexibility index (Phi) is 5.26. The van der Waals surface area contributed by atoms with Gasteiger partial charge in [0.15, 0.2) is 0 Å². The van der Waals surface area contributed by atoms with Crippen LogP contribution in [0.4, 0.5) is 0 Å². The van der Waals surface area contributed by atoms with Crippen molar-refractivity contribution in [2.45, 2.75) is 32.2 Å². The number of carbonyl (C=O) groups is 1. The van der Waals surface area contributed by atoms with Crippen molar-refractivity contribution in [3.05, 3.63) is 66.0 Å². The number of hydrogen-bond acceptors (Lipinski definition) is 3. The van der Waals surface area contributed by atoms with E-state index in [1.54, 1.807) is 6.20 Å². The molecule has 4 nitrogen and oxygen atoms in total. The predicted octanol–water partition coefficient (Wildman–Crippen LogP) is 3.38. The molecule has 1 aromatic carbocycles. The predicted molar refractivity (Wildman–Crippen MR) is 93.6 cm³/mol. The standard InChI is InChI=1S/C20H24N2O2/c23-19(24)20(9-8-17-5-2-1-3-6-17)10-13-22(14-11-20)16-18-7-4-12-21-15-18/h1-7,12,15H,8-11,13-14,16H2,(H,23,24). The summed E-state index contributed by atoms with van der Waals surface area (Å²) in [6.45, 7) is 2.51. The molecule has 4 heteroatoms. The van der Waals surface area contributed by atoms with Crippen LogP contribution in [0.5, 0.6) is 0 Å². The van der Waals surface area contributed by atoms with E-state index in [0.717, 1.165) is 38.9 Å². The molecule has 1 aromatic heterocycles. The molecular formula is C20H24N2O2.